The van der Waals surface area contributed by atoms with Gasteiger partial charge in [-0.25, -0.2) is 4.57 Å². The largest absolute Gasteiger partial charge is 0.472 e. The molecule has 0 aromatic heterocycles. The van der Waals surface area contributed by atoms with E-state index in [0.29, 0.717) is 13.0 Å². The number of phosphoric ester groups is 1. The Hall–Kier alpha value is -1.44. The third-order valence-corrected chi connectivity index (χ3v) is 11.0. The van der Waals surface area contributed by atoms with Crippen LogP contribution in [0.15, 0.2) is 36.5 Å². The molecule has 0 aromatic rings. The van der Waals surface area contributed by atoms with Crippen molar-refractivity contribution < 1.29 is 58.3 Å². The first-order chi connectivity index (χ1) is 27.0. The summed E-state index contributed by atoms with van der Waals surface area (Å²) in [7, 11) is -5.01. The molecule has 6 N–H and O–H groups in total. The zero-order valence-electron chi connectivity index (χ0n) is 34.7. The topological polar surface area (TPSA) is 192 Å². The zero-order valence-corrected chi connectivity index (χ0v) is 35.6. The van der Waals surface area contributed by atoms with Crippen molar-refractivity contribution in [2.75, 3.05) is 19.8 Å². The molecule has 0 bridgehead atoms. The van der Waals surface area contributed by atoms with Gasteiger partial charge >= 0.3 is 13.8 Å². The highest BCUT2D eigenvalue weighted by molar-refractivity contribution is 7.47. The second-order valence-corrected chi connectivity index (χ2v) is 16.6. The fraction of sp³-hybridized carbons (Fsp3) is 0.837. The lowest BCUT2D eigenvalue weighted by Crippen LogP contribution is -2.64. The highest BCUT2D eigenvalue weighted by atomic mass is 31.2. The zero-order chi connectivity index (χ0) is 41.3. The van der Waals surface area contributed by atoms with E-state index in [1.807, 2.05) is 0 Å². The number of hydrogen-bond donors (Lipinski definition) is 6. The molecule has 6 atom stereocenters. The first kappa shape index (κ1) is 52.6. The summed E-state index contributed by atoms with van der Waals surface area (Å²) >= 11 is 0. The SMILES string of the molecule is CCCCC/C=C\C/C=C\C/C=C\CCCCCCCCCOCC(COP(=O)(O)OC1C(O)C(O)C(O)C(O)C1O)OC(=O)CCCCCCCCCCC. The van der Waals surface area contributed by atoms with Gasteiger partial charge in [-0.2, -0.15) is 0 Å². The quantitative estimate of drug-likeness (QED) is 0.0154. The van der Waals surface area contributed by atoms with Crippen molar-refractivity contribution in [3.8, 4) is 0 Å². The number of ether oxygens (including phenoxy) is 2. The average molecular weight is 819 g/mol. The summed E-state index contributed by atoms with van der Waals surface area (Å²) in [6, 6.07) is 0. The molecule has 1 aliphatic carbocycles. The highest BCUT2D eigenvalue weighted by Crippen LogP contribution is 2.47. The van der Waals surface area contributed by atoms with E-state index in [9.17, 15) is 39.8 Å². The molecular formula is C43H79O12P. The molecule has 1 saturated carbocycles. The summed E-state index contributed by atoms with van der Waals surface area (Å²) in [5.74, 6) is -0.485. The van der Waals surface area contributed by atoms with Gasteiger partial charge in [-0.1, -0.05) is 147 Å². The minimum absolute atomic E-state index is 0.0821. The van der Waals surface area contributed by atoms with Gasteiger partial charge in [0.1, 0.15) is 42.7 Å². The van der Waals surface area contributed by atoms with E-state index in [1.165, 1.54) is 77.0 Å². The summed E-state index contributed by atoms with van der Waals surface area (Å²) in [6.45, 7) is 4.17. The maximum Gasteiger partial charge on any atom is 0.472 e. The van der Waals surface area contributed by atoms with Crippen molar-refractivity contribution in [1.82, 2.24) is 0 Å². The number of aliphatic hydroxyl groups excluding tert-OH is 5. The summed E-state index contributed by atoms with van der Waals surface area (Å²) in [6.07, 6.45) is 26.6. The number of carbonyl (C=O) groups is 1. The Morgan fingerprint density at radius 1 is 0.571 bits per heavy atom. The molecule has 12 nitrogen and oxygen atoms in total. The minimum Gasteiger partial charge on any atom is -0.457 e. The van der Waals surface area contributed by atoms with Gasteiger partial charge in [-0.05, 0) is 51.4 Å². The first-order valence-corrected chi connectivity index (χ1v) is 23.3. The van der Waals surface area contributed by atoms with E-state index in [0.717, 1.165) is 64.2 Å². The van der Waals surface area contributed by atoms with Gasteiger partial charge in [0, 0.05) is 13.0 Å². The fourth-order valence-electron chi connectivity index (χ4n) is 6.48. The highest BCUT2D eigenvalue weighted by Gasteiger charge is 2.51. The maximum atomic E-state index is 12.8. The van der Waals surface area contributed by atoms with Crippen molar-refractivity contribution in [3.63, 3.8) is 0 Å². The van der Waals surface area contributed by atoms with Crippen LogP contribution >= 0.6 is 7.82 Å². The normalized spacial score (nSPS) is 23.4. The molecule has 0 saturated heterocycles. The molecule has 56 heavy (non-hydrogen) atoms. The van der Waals surface area contributed by atoms with Crippen LogP contribution in [0.2, 0.25) is 0 Å². The lowest BCUT2D eigenvalue weighted by atomic mass is 9.85. The number of aliphatic hydroxyl groups is 5. The van der Waals surface area contributed by atoms with Crippen LogP contribution in [0.3, 0.4) is 0 Å². The van der Waals surface area contributed by atoms with Gasteiger partial charge < -0.3 is 39.9 Å². The molecule has 0 radical (unpaired) electrons. The smallest absolute Gasteiger partial charge is 0.457 e. The summed E-state index contributed by atoms with van der Waals surface area (Å²) in [4.78, 5) is 23.0. The Balaban J connectivity index is 2.37. The second kappa shape index (κ2) is 34.4. The van der Waals surface area contributed by atoms with Crippen molar-refractivity contribution in [3.05, 3.63) is 36.5 Å². The molecule has 6 unspecified atom stereocenters. The third kappa shape index (κ3) is 26.5. The Morgan fingerprint density at radius 2 is 1.00 bits per heavy atom. The number of rotatable bonds is 36. The van der Waals surface area contributed by atoms with Gasteiger partial charge in [0.05, 0.1) is 13.2 Å². The van der Waals surface area contributed by atoms with E-state index in [-0.39, 0.29) is 13.0 Å². The summed E-state index contributed by atoms with van der Waals surface area (Å²) in [5.41, 5.74) is 0. The molecule has 0 aromatic carbocycles. The third-order valence-electron chi connectivity index (χ3n) is 10.0. The summed E-state index contributed by atoms with van der Waals surface area (Å²) in [5, 5.41) is 50.0. The van der Waals surface area contributed by atoms with Crippen LogP contribution in [0.5, 0.6) is 0 Å². The second-order valence-electron chi connectivity index (χ2n) is 15.2. The van der Waals surface area contributed by atoms with Crippen LogP contribution in [-0.2, 0) is 27.9 Å². The Kier molecular flexibility index (Phi) is 32.3. The van der Waals surface area contributed by atoms with Crippen LogP contribution < -0.4 is 0 Å². The van der Waals surface area contributed by atoms with Gasteiger partial charge in [0.2, 0.25) is 0 Å². The van der Waals surface area contributed by atoms with Gasteiger partial charge in [-0.15, -0.1) is 0 Å². The predicted octanol–water partition coefficient (Wildman–Crippen LogP) is 8.31. The van der Waals surface area contributed by atoms with Gasteiger partial charge in [-0.3, -0.25) is 13.8 Å². The molecule has 1 fully saturated rings. The lowest BCUT2D eigenvalue weighted by Gasteiger charge is -2.41. The van der Waals surface area contributed by atoms with Crippen molar-refractivity contribution in [1.29, 1.82) is 0 Å². The molecule has 0 amide bonds. The Bertz CT molecular complexity index is 1070. The molecule has 0 aliphatic heterocycles. The van der Waals surface area contributed by atoms with Crippen LogP contribution in [0.1, 0.15) is 168 Å². The number of carbonyl (C=O) groups excluding carboxylic acids is 1. The van der Waals surface area contributed by atoms with E-state index in [1.54, 1.807) is 0 Å². The van der Waals surface area contributed by atoms with Crippen LogP contribution in [-0.4, -0.2) is 98.9 Å². The number of esters is 1. The number of phosphoric acid groups is 1. The van der Waals surface area contributed by atoms with Gasteiger partial charge in [0.25, 0.3) is 0 Å². The molecule has 0 heterocycles. The predicted molar refractivity (Wildman–Crippen MR) is 221 cm³/mol. The van der Waals surface area contributed by atoms with Crippen molar-refractivity contribution >= 4 is 13.8 Å². The fourth-order valence-corrected chi connectivity index (χ4v) is 7.45. The van der Waals surface area contributed by atoms with Crippen LogP contribution in [0.4, 0.5) is 0 Å². The van der Waals surface area contributed by atoms with E-state index < -0.39 is 63.1 Å². The maximum absolute atomic E-state index is 12.8. The minimum atomic E-state index is -5.01. The first-order valence-electron chi connectivity index (χ1n) is 21.8. The molecule has 328 valence electrons. The number of unbranched alkanes of at least 4 members (excludes halogenated alkanes) is 18. The Morgan fingerprint density at radius 3 is 1.55 bits per heavy atom. The molecule has 1 aliphatic rings. The van der Waals surface area contributed by atoms with Crippen molar-refractivity contribution in [2.24, 2.45) is 0 Å². The number of hydrogen-bond acceptors (Lipinski definition) is 11. The monoisotopic (exact) mass is 819 g/mol. The molecule has 13 heteroatoms. The van der Waals surface area contributed by atoms with Crippen LogP contribution in [0, 0.1) is 0 Å². The van der Waals surface area contributed by atoms with E-state index >= 15 is 0 Å². The van der Waals surface area contributed by atoms with Crippen LogP contribution in [0.25, 0.3) is 0 Å². The van der Waals surface area contributed by atoms with Gasteiger partial charge in [0.15, 0.2) is 0 Å². The molecular weight excluding hydrogens is 739 g/mol. The molecule has 0 spiro atoms. The van der Waals surface area contributed by atoms with E-state index in [2.05, 4.69) is 50.3 Å². The lowest BCUT2D eigenvalue weighted by molar-refractivity contribution is -0.220. The number of allylic oxidation sites excluding steroid dienone is 6. The average Bonchev–Trinajstić information content (AvgIpc) is 3.18. The standard InChI is InChI=1S/C43H79O12P/c1-3-5-7-9-11-13-14-15-16-17-18-19-20-21-22-23-25-27-29-31-33-52-34-36(54-37(44)32-30-28-26-24-12-10-8-6-4-2)35-53-56(50,51)55-43-41(48)39(46)38(45)40(47)42(43)49/h11,13,15-16,18-19,36,38-43,45-49H,3-10,12,14,17,20-35H2,1-2H3,(H,50,51)/b13-11-,16-15-,19-18-. The summed E-state index contributed by atoms with van der Waals surface area (Å²) < 4.78 is 34.0. The van der Waals surface area contributed by atoms with E-state index in [4.69, 9.17) is 18.5 Å². The Labute approximate surface area is 338 Å². The van der Waals surface area contributed by atoms with Crippen molar-refractivity contribution in [2.45, 2.75) is 211 Å². The molecule has 1 rings (SSSR count).